The second-order valence-corrected chi connectivity index (χ2v) is 9.43. The smallest absolute Gasteiger partial charge is 0.338 e. The van der Waals surface area contributed by atoms with Crippen molar-refractivity contribution in [1.82, 2.24) is 0 Å². The fourth-order valence-corrected chi connectivity index (χ4v) is 5.40. The molecule has 0 heterocycles. The van der Waals surface area contributed by atoms with Gasteiger partial charge in [-0.25, -0.2) is 9.59 Å². The number of nitrogens with zero attached hydrogens (tertiary/aromatic N) is 1. The van der Waals surface area contributed by atoms with Crippen LogP contribution in [-0.2, 0) is 14.4 Å². The third kappa shape index (κ3) is 6.44. The van der Waals surface area contributed by atoms with Crippen molar-refractivity contribution in [2.45, 2.75) is 13.8 Å². The summed E-state index contributed by atoms with van der Waals surface area (Å²) in [5, 5.41) is 15.6. The lowest BCUT2D eigenvalue weighted by atomic mass is 10.1. The molecule has 0 aliphatic rings. The predicted octanol–water partition coefficient (Wildman–Crippen LogP) is 2.72. The molecule has 0 spiro atoms. The molecule has 1 unspecified atom stereocenters. The number of carbonyl (C=O) groups excluding carboxylic acids is 3. The number of hydrogen-bond donors (Lipinski definition) is 1. The van der Waals surface area contributed by atoms with Gasteiger partial charge in [-0.15, -0.1) is 0 Å². The Labute approximate surface area is 198 Å². The molecule has 0 bridgehead atoms. The Kier molecular flexibility index (Phi) is 8.79. The molecule has 0 amide bonds. The minimum atomic E-state index is -0.954. The van der Waals surface area contributed by atoms with E-state index in [1.807, 2.05) is 54.6 Å². The lowest BCUT2D eigenvalue weighted by Crippen LogP contribution is -2.21. The van der Waals surface area contributed by atoms with Gasteiger partial charge in [0, 0.05) is 12.5 Å². The second kappa shape index (κ2) is 12.0. The minimum Gasteiger partial charge on any atom is -0.460 e. The van der Waals surface area contributed by atoms with Gasteiger partial charge in [-0.05, 0) is 42.9 Å². The molecule has 0 aromatic heterocycles. The number of aliphatic hydroxyl groups excluding tert-OH is 1. The highest BCUT2D eigenvalue weighted by Gasteiger charge is 2.19. The first-order valence-corrected chi connectivity index (χ1v) is 11.8. The second-order valence-electron chi connectivity index (χ2n) is 7.21. The van der Waals surface area contributed by atoms with E-state index in [0.29, 0.717) is 11.1 Å². The Hall–Kier alpha value is -3.67. The highest BCUT2D eigenvalue weighted by atomic mass is 31.1. The van der Waals surface area contributed by atoms with Crippen LogP contribution in [0.2, 0.25) is 0 Å². The van der Waals surface area contributed by atoms with E-state index in [1.165, 1.54) is 13.8 Å². The van der Waals surface area contributed by atoms with Crippen LogP contribution in [0.3, 0.4) is 0 Å². The summed E-state index contributed by atoms with van der Waals surface area (Å²) in [4.78, 5) is 40.1. The fourth-order valence-electron chi connectivity index (χ4n) is 3.14. The molecule has 3 aromatic rings. The van der Waals surface area contributed by atoms with Crippen molar-refractivity contribution in [3.63, 3.8) is 0 Å². The van der Waals surface area contributed by atoms with Crippen molar-refractivity contribution in [1.29, 1.82) is 0 Å². The zero-order valence-electron chi connectivity index (χ0n) is 18.8. The molecule has 174 valence electrons. The zero-order chi connectivity index (χ0) is 24.5. The molecule has 3 aromatic carbocycles. The molecule has 1 atom stereocenters. The van der Waals surface area contributed by atoms with Crippen molar-refractivity contribution < 1.29 is 29.1 Å². The third-order valence-corrected chi connectivity index (χ3v) is 7.17. The minimum absolute atomic E-state index is 0.0482. The Balaban J connectivity index is 1.90. The summed E-state index contributed by atoms with van der Waals surface area (Å²) in [6, 6.07) is 24.4. The van der Waals surface area contributed by atoms with Crippen molar-refractivity contribution >= 4 is 47.3 Å². The molecule has 7 nitrogen and oxygen atoms in total. The van der Waals surface area contributed by atoms with E-state index in [1.54, 1.807) is 24.3 Å². The summed E-state index contributed by atoms with van der Waals surface area (Å²) in [6.45, 7) is 2.43. The molecule has 34 heavy (non-hydrogen) atoms. The molecule has 0 radical (unpaired) electrons. The Bertz CT molecular complexity index is 1170. The highest BCUT2D eigenvalue weighted by molar-refractivity contribution is 7.79. The number of aliphatic hydroxyl groups is 1. The van der Waals surface area contributed by atoms with Crippen LogP contribution in [-0.4, -0.2) is 41.8 Å². The normalized spacial score (nSPS) is 12.0. The molecular formula is C26H24NO6P. The number of carbonyl (C=O) groups is 3. The Morgan fingerprint density at radius 3 is 1.85 bits per heavy atom. The fraction of sp³-hybridized carbons (Fsp3) is 0.154. The predicted molar refractivity (Wildman–Crippen MR) is 132 cm³/mol. The van der Waals surface area contributed by atoms with Gasteiger partial charge in [-0.3, -0.25) is 4.79 Å². The van der Waals surface area contributed by atoms with E-state index < -0.39 is 19.9 Å². The molecule has 1 N–H and O–H groups in total. The molecule has 3 rings (SSSR count). The molecule has 8 heteroatoms. The maximum absolute atomic E-state index is 12.6. The summed E-state index contributed by atoms with van der Waals surface area (Å²) in [5.41, 5.74) is 0.919. The van der Waals surface area contributed by atoms with Gasteiger partial charge in [0.1, 0.15) is 12.3 Å². The number of benzene rings is 3. The van der Waals surface area contributed by atoms with Crippen LogP contribution in [0, 0.1) is 0 Å². The van der Waals surface area contributed by atoms with Crippen LogP contribution in [0.15, 0.2) is 84.0 Å². The van der Waals surface area contributed by atoms with Gasteiger partial charge in [-0.2, -0.15) is 0 Å². The molecule has 0 aliphatic heterocycles. The first-order chi connectivity index (χ1) is 16.4. The first-order valence-electron chi connectivity index (χ1n) is 10.5. The number of rotatable bonds is 9. The van der Waals surface area contributed by atoms with Crippen molar-refractivity contribution in [2.75, 3.05) is 13.2 Å². The van der Waals surface area contributed by atoms with Crippen LogP contribution >= 0.6 is 7.92 Å². The lowest BCUT2D eigenvalue weighted by Gasteiger charge is -2.20. The largest absolute Gasteiger partial charge is 0.460 e. The monoisotopic (exact) mass is 477 g/mol. The third-order valence-electron chi connectivity index (χ3n) is 4.73. The summed E-state index contributed by atoms with van der Waals surface area (Å²) >= 11 is 0. The number of ether oxygens (including phenoxy) is 1. The van der Waals surface area contributed by atoms with E-state index in [0.717, 1.165) is 15.9 Å². The van der Waals surface area contributed by atoms with Gasteiger partial charge in [-0.1, -0.05) is 71.9 Å². The van der Waals surface area contributed by atoms with Crippen LogP contribution in [0.25, 0.3) is 0 Å². The van der Waals surface area contributed by atoms with E-state index >= 15 is 0 Å². The zero-order valence-corrected chi connectivity index (χ0v) is 19.7. The maximum atomic E-state index is 12.6. The standard InChI is InChI=1S/C26H24NO6P/c1-18(27-33-19(2)29)25(30)20-8-12-23(13-9-20)34(22-6-4-3-5-7-22)24-14-10-21(11-15-24)26(31)32-17-16-28/h3-15,28H,16-17H2,1-2H3. The summed E-state index contributed by atoms with van der Waals surface area (Å²) < 4.78 is 4.98. The van der Waals surface area contributed by atoms with Crippen LogP contribution in [0.1, 0.15) is 34.6 Å². The average Bonchev–Trinajstić information content (AvgIpc) is 2.87. The summed E-state index contributed by atoms with van der Waals surface area (Å²) in [6.07, 6.45) is 0. The molecule has 0 aliphatic carbocycles. The van der Waals surface area contributed by atoms with E-state index in [-0.39, 0.29) is 24.7 Å². The highest BCUT2D eigenvalue weighted by Crippen LogP contribution is 2.33. The molecule has 0 saturated heterocycles. The summed E-state index contributed by atoms with van der Waals surface area (Å²) in [7, 11) is -0.954. The number of Topliss-reactive ketones (excluding diaryl/α,β-unsaturated/α-hetero) is 1. The van der Waals surface area contributed by atoms with Crippen molar-refractivity contribution in [3.8, 4) is 0 Å². The van der Waals surface area contributed by atoms with E-state index in [9.17, 15) is 14.4 Å². The SMILES string of the molecule is CC(=O)ON=C(C)C(=O)c1ccc(P(c2ccccc2)c2ccc(C(=O)OCCO)cc2)cc1. The number of oxime groups is 1. The number of esters is 1. The van der Waals surface area contributed by atoms with Gasteiger partial charge < -0.3 is 14.7 Å². The summed E-state index contributed by atoms with van der Waals surface area (Å²) in [5.74, 6) is -1.41. The Morgan fingerprint density at radius 1 is 0.794 bits per heavy atom. The van der Waals surface area contributed by atoms with Gasteiger partial charge in [0.25, 0.3) is 0 Å². The average molecular weight is 477 g/mol. The molecule has 0 saturated carbocycles. The van der Waals surface area contributed by atoms with Gasteiger partial charge >= 0.3 is 11.9 Å². The van der Waals surface area contributed by atoms with Crippen LogP contribution in [0.4, 0.5) is 0 Å². The number of ketones is 1. The maximum Gasteiger partial charge on any atom is 0.338 e. The van der Waals surface area contributed by atoms with Crippen molar-refractivity contribution in [2.24, 2.45) is 5.16 Å². The van der Waals surface area contributed by atoms with E-state index in [2.05, 4.69) is 9.99 Å². The number of hydrogen-bond acceptors (Lipinski definition) is 7. The molecular weight excluding hydrogens is 453 g/mol. The lowest BCUT2D eigenvalue weighted by molar-refractivity contribution is -0.140. The first kappa shape index (κ1) is 25.0. The topological polar surface area (TPSA) is 102 Å². The van der Waals surface area contributed by atoms with Gasteiger partial charge in [0.15, 0.2) is 0 Å². The van der Waals surface area contributed by atoms with Crippen molar-refractivity contribution in [3.05, 3.63) is 90.0 Å². The van der Waals surface area contributed by atoms with Crippen LogP contribution in [0.5, 0.6) is 0 Å². The quantitative estimate of drug-likeness (QED) is 0.127. The Morgan fingerprint density at radius 2 is 1.32 bits per heavy atom. The van der Waals surface area contributed by atoms with E-state index in [4.69, 9.17) is 9.84 Å². The molecule has 0 fully saturated rings. The van der Waals surface area contributed by atoms with Crippen LogP contribution < -0.4 is 15.9 Å². The van der Waals surface area contributed by atoms with Gasteiger partial charge in [0.05, 0.1) is 12.2 Å². The van der Waals surface area contributed by atoms with Gasteiger partial charge in [0.2, 0.25) is 5.78 Å².